The third-order valence-corrected chi connectivity index (χ3v) is 6.59. The molecule has 5 rings (SSSR count). The van der Waals surface area contributed by atoms with Gasteiger partial charge < -0.3 is 9.88 Å². The molecule has 1 aliphatic rings. The monoisotopic (exact) mass is 427 g/mol. The number of benzene rings is 2. The summed E-state index contributed by atoms with van der Waals surface area (Å²) in [4.78, 5) is 23.4. The van der Waals surface area contributed by atoms with Gasteiger partial charge in [-0.15, -0.1) is 0 Å². The van der Waals surface area contributed by atoms with Crippen molar-refractivity contribution in [3.63, 3.8) is 0 Å². The van der Waals surface area contributed by atoms with Gasteiger partial charge in [0.05, 0.1) is 29.3 Å². The average molecular weight is 428 g/mol. The summed E-state index contributed by atoms with van der Waals surface area (Å²) in [6.45, 7) is 5.70. The SMILES string of the molecule is Cc1nn(Cc2ccccc2)c(C)c1CCC(=O)N1CCC[C@H]1c1nc2ccccc2[nH]1. The van der Waals surface area contributed by atoms with Gasteiger partial charge in [0.15, 0.2) is 0 Å². The van der Waals surface area contributed by atoms with E-state index in [4.69, 9.17) is 10.1 Å². The van der Waals surface area contributed by atoms with Gasteiger partial charge in [-0.1, -0.05) is 42.5 Å². The number of hydrogen-bond donors (Lipinski definition) is 1. The van der Waals surface area contributed by atoms with E-state index in [9.17, 15) is 4.79 Å². The summed E-state index contributed by atoms with van der Waals surface area (Å²) in [6, 6.07) is 18.4. The summed E-state index contributed by atoms with van der Waals surface area (Å²) in [5.41, 5.74) is 6.56. The van der Waals surface area contributed by atoms with Crippen molar-refractivity contribution < 1.29 is 4.79 Å². The van der Waals surface area contributed by atoms with E-state index in [1.165, 1.54) is 11.1 Å². The number of likely N-dealkylation sites (tertiary alicyclic amines) is 1. The molecule has 0 saturated carbocycles. The fourth-order valence-corrected chi connectivity index (χ4v) is 4.86. The molecule has 2 aromatic carbocycles. The molecule has 4 aromatic rings. The average Bonchev–Trinajstić information content (AvgIpc) is 3.51. The number of nitrogens with zero attached hydrogens (tertiary/aromatic N) is 4. The molecule has 32 heavy (non-hydrogen) atoms. The third-order valence-electron chi connectivity index (χ3n) is 6.59. The molecule has 0 aliphatic carbocycles. The summed E-state index contributed by atoms with van der Waals surface area (Å²) < 4.78 is 2.05. The van der Waals surface area contributed by atoms with E-state index in [0.717, 1.165) is 54.2 Å². The van der Waals surface area contributed by atoms with Crippen LogP contribution in [0.2, 0.25) is 0 Å². The Balaban J connectivity index is 1.28. The number of aromatic nitrogens is 4. The molecule has 0 spiro atoms. The van der Waals surface area contributed by atoms with Gasteiger partial charge in [0, 0.05) is 18.7 Å². The number of carbonyl (C=O) groups excluding carboxylic acids is 1. The molecular weight excluding hydrogens is 398 g/mol. The number of carbonyl (C=O) groups is 1. The standard InChI is InChI=1S/C26H29N5O/c1-18-21(19(2)31(29-18)17-20-9-4-3-5-10-20)14-15-25(32)30-16-8-13-24(30)26-27-22-11-6-7-12-23(22)28-26/h3-7,9-12,24H,8,13-17H2,1-2H3,(H,27,28)/t24-/m0/s1. The summed E-state index contributed by atoms with van der Waals surface area (Å²) in [5.74, 6) is 1.10. The number of nitrogens with one attached hydrogen (secondary N) is 1. The Morgan fingerprint density at radius 3 is 2.69 bits per heavy atom. The second-order valence-corrected chi connectivity index (χ2v) is 8.68. The quantitative estimate of drug-likeness (QED) is 0.484. The van der Waals surface area contributed by atoms with E-state index in [0.29, 0.717) is 12.8 Å². The minimum atomic E-state index is 0.0397. The molecule has 0 radical (unpaired) electrons. The number of para-hydroxylation sites is 2. The highest BCUT2D eigenvalue weighted by Gasteiger charge is 2.32. The first-order chi connectivity index (χ1) is 15.6. The third kappa shape index (κ3) is 3.93. The number of H-pyrrole nitrogens is 1. The van der Waals surface area contributed by atoms with Crippen LogP contribution in [0.4, 0.5) is 0 Å². The lowest BCUT2D eigenvalue weighted by Gasteiger charge is -2.23. The second kappa shape index (κ2) is 8.61. The van der Waals surface area contributed by atoms with Gasteiger partial charge in [-0.3, -0.25) is 9.48 Å². The van der Waals surface area contributed by atoms with Gasteiger partial charge in [-0.2, -0.15) is 5.10 Å². The van der Waals surface area contributed by atoms with Crippen LogP contribution in [0.1, 0.15) is 53.6 Å². The minimum Gasteiger partial charge on any atom is -0.340 e. The highest BCUT2D eigenvalue weighted by Crippen LogP contribution is 2.32. The van der Waals surface area contributed by atoms with Crippen molar-refractivity contribution in [3.05, 3.63) is 82.9 Å². The zero-order valence-corrected chi connectivity index (χ0v) is 18.7. The fraction of sp³-hybridized carbons (Fsp3) is 0.346. The van der Waals surface area contributed by atoms with Crippen molar-refractivity contribution in [2.45, 2.75) is 52.1 Å². The van der Waals surface area contributed by atoms with Crippen molar-refractivity contribution in [2.24, 2.45) is 0 Å². The minimum absolute atomic E-state index is 0.0397. The molecule has 3 heterocycles. The van der Waals surface area contributed by atoms with Crippen LogP contribution in [-0.2, 0) is 17.8 Å². The summed E-state index contributed by atoms with van der Waals surface area (Å²) in [7, 11) is 0. The van der Waals surface area contributed by atoms with Crippen molar-refractivity contribution in [3.8, 4) is 0 Å². The maximum absolute atomic E-state index is 13.2. The lowest BCUT2D eigenvalue weighted by Crippen LogP contribution is -2.31. The van der Waals surface area contributed by atoms with Crippen LogP contribution >= 0.6 is 0 Å². The molecule has 1 N–H and O–H groups in total. The number of rotatable bonds is 6. The van der Waals surface area contributed by atoms with E-state index < -0.39 is 0 Å². The number of hydrogen-bond acceptors (Lipinski definition) is 3. The number of aryl methyl sites for hydroxylation is 1. The second-order valence-electron chi connectivity index (χ2n) is 8.68. The molecule has 1 atom stereocenters. The first-order valence-electron chi connectivity index (χ1n) is 11.4. The maximum Gasteiger partial charge on any atom is 0.223 e. The predicted molar refractivity (Wildman–Crippen MR) is 125 cm³/mol. The Bertz CT molecular complexity index is 1210. The molecule has 1 aliphatic heterocycles. The van der Waals surface area contributed by atoms with Gasteiger partial charge in [-0.05, 0) is 56.4 Å². The van der Waals surface area contributed by atoms with Crippen LogP contribution in [-0.4, -0.2) is 37.1 Å². The predicted octanol–water partition coefficient (Wildman–Crippen LogP) is 4.72. The van der Waals surface area contributed by atoms with Crippen LogP contribution in [0, 0.1) is 13.8 Å². The van der Waals surface area contributed by atoms with Crippen molar-refractivity contribution >= 4 is 16.9 Å². The normalized spacial score (nSPS) is 16.2. The first kappa shape index (κ1) is 20.5. The Labute approximate surface area is 188 Å². The molecule has 6 nitrogen and oxygen atoms in total. The number of aromatic amines is 1. The van der Waals surface area contributed by atoms with E-state index in [2.05, 4.69) is 40.9 Å². The Hall–Kier alpha value is -3.41. The smallest absolute Gasteiger partial charge is 0.223 e. The van der Waals surface area contributed by atoms with E-state index >= 15 is 0 Å². The molecule has 0 bridgehead atoms. The van der Waals surface area contributed by atoms with Crippen LogP contribution in [0.5, 0.6) is 0 Å². The molecule has 1 amide bonds. The van der Waals surface area contributed by atoms with Crippen LogP contribution < -0.4 is 0 Å². The van der Waals surface area contributed by atoms with Gasteiger partial charge in [0.1, 0.15) is 5.82 Å². The van der Waals surface area contributed by atoms with E-state index in [1.54, 1.807) is 0 Å². The lowest BCUT2D eigenvalue weighted by molar-refractivity contribution is -0.132. The van der Waals surface area contributed by atoms with Gasteiger partial charge in [0.2, 0.25) is 5.91 Å². The zero-order valence-electron chi connectivity index (χ0n) is 18.7. The van der Waals surface area contributed by atoms with Gasteiger partial charge >= 0.3 is 0 Å². The molecule has 1 saturated heterocycles. The summed E-state index contributed by atoms with van der Waals surface area (Å²) in [6.07, 6.45) is 3.18. The highest BCUT2D eigenvalue weighted by atomic mass is 16.2. The van der Waals surface area contributed by atoms with Crippen LogP contribution in [0.15, 0.2) is 54.6 Å². The lowest BCUT2D eigenvalue weighted by atomic mass is 10.1. The Morgan fingerprint density at radius 2 is 1.88 bits per heavy atom. The highest BCUT2D eigenvalue weighted by molar-refractivity contribution is 5.78. The van der Waals surface area contributed by atoms with Crippen molar-refractivity contribution in [1.82, 2.24) is 24.6 Å². The number of imidazole rings is 1. The number of fused-ring (bicyclic) bond motifs is 1. The van der Waals surface area contributed by atoms with Gasteiger partial charge in [0.25, 0.3) is 0 Å². The van der Waals surface area contributed by atoms with E-state index in [1.807, 2.05) is 42.2 Å². The Morgan fingerprint density at radius 1 is 1.09 bits per heavy atom. The van der Waals surface area contributed by atoms with E-state index in [-0.39, 0.29) is 11.9 Å². The zero-order chi connectivity index (χ0) is 22.1. The molecular formula is C26H29N5O. The summed E-state index contributed by atoms with van der Waals surface area (Å²) in [5, 5.41) is 4.74. The molecule has 0 unspecified atom stereocenters. The molecule has 6 heteroatoms. The molecule has 2 aromatic heterocycles. The maximum atomic E-state index is 13.2. The topological polar surface area (TPSA) is 66.8 Å². The largest absolute Gasteiger partial charge is 0.340 e. The van der Waals surface area contributed by atoms with Crippen LogP contribution in [0.3, 0.4) is 0 Å². The molecule has 164 valence electrons. The Kier molecular flexibility index (Phi) is 5.52. The summed E-state index contributed by atoms with van der Waals surface area (Å²) >= 11 is 0. The fourth-order valence-electron chi connectivity index (χ4n) is 4.86. The van der Waals surface area contributed by atoms with Crippen LogP contribution in [0.25, 0.3) is 11.0 Å². The van der Waals surface area contributed by atoms with Gasteiger partial charge in [-0.25, -0.2) is 4.98 Å². The number of amides is 1. The molecule has 1 fully saturated rings. The van der Waals surface area contributed by atoms with Crippen molar-refractivity contribution in [1.29, 1.82) is 0 Å². The van der Waals surface area contributed by atoms with Crippen molar-refractivity contribution in [2.75, 3.05) is 6.54 Å². The first-order valence-corrected chi connectivity index (χ1v) is 11.4.